The average molecular weight is 294 g/mol. The molecule has 22 heavy (non-hydrogen) atoms. The maximum Gasteiger partial charge on any atom is 0.240 e. The van der Waals surface area contributed by atoms with Gasteiger partial charge in [-0.1, -0.05) is 19.1 Å². The van der Waals surface area contributed by atoms with E-state index < -0.39 is 0 Å². The summed E-state index contributed by atoms with van der Waals surface area (Å²) in [5, 5.41) is 4.22. The van der Waals surface area contributed by atoms with E-state index in [-0.39, 0.29) is 11.8 Å². The molecule has 0 saturated heterocycles. The van der Waals surface area contributed by atoms with Crippen molar-refractivity contribution in [1.29, 1.82) is 0 Å². The molecule has 0 spiro atoms. The number of aromatic nitrogens is 4. The lowest BCUT2D eigenvalue weighted by molar-refractivity contribution is -0.121. The van der Waals surface area contributed by atoms with Gasteiger partial charge in [0.15, 0.2) is 11.6 Å². The Hall–Kier alpha value is -2.96. The van der Waals surface area contributed by atoms with Crippen molar-refractivity contribution in [3.63, 3.8) is 0 Å². The first-order valence-electron chi connectivity index (χ1n) is 7.07. The minimum absolute atomic E-state index is 0.0540. The lowest BCUT2D eigenvalue weighted by Crippen LogP contribution is -2.32. The number of carbonyl (C=O) groups excluding carboxylic acids is 1. The average Bonchev–Trinajstić information content (AvgIpc) is 3.16. The van der Waals surface area contributed by atoms with Crippen molar-refractivity contribution in [1.82, 2.24) is 25.4 Å². The smallest absolute Gasteiger partial charge is 0.240 e. The van der Waals surface area contributed by atoms with Crippen LogP contribution in [-0.4, -0.2) is 31.6 Å². The Morgan fingerprint density at radius 1 is 1.27 bits per heavy atom. The number of hydrazone groups is 1. The number of para-hydroxylation sites is 1. The molecule has 1 aromatic carbocycles. The molecule has 3 heterocycles. The summed E-state index contributed by atoms with van der Waals surface area (Å²) in [5.74, 6) is 1.37. The number of carbonyl (C=O) groups is 1. The molecule has 3 aromatic rings. The fraction of sp³-hybridized carbons (Fsp3) is 0.200. The minimum Gasteiger partial charge on any atom is -0.342 e. The predicted molar refractivity (Wildman–Crippen MR) is 82.1 cm³/mol. The molecule has 3 N–H and O–H groups in total. The molecular weight excluding hydrogens is 280 g/mol. The number of aromatic amines is 2. The van der Waals surface area contributed by atoms with Crippen LogP contribution in [0.4, 0.5) is 0 Å². The Balaban J connectivity index is 1.87. The molecule has 0 fully saturated rings. The first-order chi connectivity index (χ1) is 10.7. The molecule has 110 valence electrons. The molecule has 0 radical (unpaired) electrons. The van der Waals surface area contributed by atoms with Gasteiger partial charge in [-0.3, -0.25) is 4.79 Å². The van der Waals surface area contributed by atoms with E-state index in [1.54, 1.807) is 12.4 Å². The highest BCUT2D eigenvalue weighted by Gasteiger charge is 2.24. The van der Waals surface area contributed by atoms with Crippen LogP contribution in [0, 0.1) is 5.92 Å². The molecule has 2 aromatic heterocycles. The molecular formula is C15H14N6O. The molecule has 1 amide bonds. The van der Waals surface area contributed by atoms with Gasteiger partial charge in [0, 0.05) is 30.3 Å². The van der Waals surface area contributed by atoms with Crippen molar-refractivity contribution in [3.05, 3.63) is 36.2 Å². The summed E-state index contributed by atoms with van der Waals surface area (Å²) in [6, 6.07) is 5.89. The van der Waals surface area contributed by atoms with Crippen molar-refractivity contribution in [3.8, 4) is 11.6 Å². The van der Waals surface area contributed by atoms with Gasteiger partial charge < -0.3 is 9.97 Å². The number of amides is 1. The third-order valence-electron chi connectivity index (χ3n) is 3.77. The van der Waals surface area contributed by atoms with E-state index in [2.05, 4.69) is 30.5 Å². The molecule has 1 aliphatic heterocycles. The van der Waals surface area contributed by atoms with E-state index >= 15 is 0 Å². The second-order valence-electron chi connectivity index (χ2n) is 5.36. The molecule has 0 saturated carbocycles. The lowest BCUT2D eigenvalue weighted by atomic mass is 9.93. The number of nitrogens with zero attached hydrogens (tertiary/aromatic N) is 3. The number of nitrogens with one attached hydrogen (secondary N) is 3. The van der Waals surface area contributed by atoms with Crippen molar-refractivity contribution in [2.75, 3.05) is 0 Å². The maximum atomic E-state index is 11.4. The van der Waals surface area contributed by atoms with Crippen LogP contribution >= 0.6 is 0 Å². The molecule has 7 nitrogen and oxygen atoms in total. The summed E-state index contributed by atoms with van der Waals surface area (Å²) in [5.41, 5.74) is 6.07. The fourth-order valence-electron chi connectivity index (χ4n) is 2.72. The van der Waals surface area contributed by atoms with Crippen LogP contribution in [0.1, 0.15) is 18.9 Å². The van der Waals surface area contributed by atoms with Crippen LogP contribution in [0.15, 0.2) is 35.7 Å². The monoisotopic (exact) mass is 294 g/mol. The van der Waals surface area contributed by atoms with Gasteiger partial charge in [-0.15, -0.1) is 0 Å². The van der Waals surface area contributed by atoms with Crippen LogP contribution in [0.5, 0.6) is 0 Å². The summed E-state index contributed by atoms with van der Waals surface area (Å²) in [6.45, 7) is 2.00. The normalized spacial score (nSPS) is 18.3. The molecule has 0 aliphatic carbocycles. The summed E-state index contributed by atoms with van der Waals surface area (Å²) in [6.07, 6.45) is 3.88. The van der Waals surface area contributed by atoms with Crippen LogP contribution in [0.3, 0.4) is 0 Å². The van der Waals surface area contributed by atoms with Crippen LogP contribution in [0.25, 0.3) is 22.7 Å². The van der Waals surface area contributed by atoms with Crippen molar-refractivity contribution < 1.29 is 4.79 Å². The number of rotatable bonds is 2. The second kappa shape index (κ2) is 4.80. The standard InChI is InChI=1S/C15H14N6O/c1-8-7-11(22)20-21-12(8)9-3-2-4-10-13(9)19-15(18-10)14-16-5-6-17-14/h2-6,8H,7H2,1H3,(H,16,17)(H,18,19)(H,20,22). The van der Waals surface area contributed by atoms with E-state index in [4.69, 9.17) is 0 Å². The fourth-order valence-corrected chi connectivity index (χ4v) is 2.72. The molecule has 1 aliphatic rings. The van der Waals surface area contributed by atoms with Crippen LogP contribution < -0.4 is 5.43 Å². The van der Waals surface area contributed by atoms with Crippen molar-refractivity contribution in [2.45, 2.75) is 13.3 Å². The van der Waals surface area contributed by atoms with E-state index in [1.165, 1.54) is 0 Å². The maximum absolute atomic E-state index is 11.4. The zero-order valence-corrected chi connectivity index (χ0v) is 11.9. The summed E-state index contributed by atoms with van der Waals surface area (Å²) >= 11 is 0. The largest absolute Gasteiger partial charge is 0.342 e. The summed E-state index contributed by atoms with van der Waals surface area (Å²) in [4.78, 5) is 26.6. The van der Waals surface area contributed by atoms with Gasteiger partial charge in [-0.2, -0.15) is 5.10 Å². The van der Waals surface area contributed by atoms with E-state index in [1.807, 2.05) is 25.1 Å². The third kappa shape index (κ3) is 1.98. The number of imidazole rings is 2. The Bertz CT molecular complexity index is 877. The highest BCUT2D eigenvalue weighted by atomic mass is 16.2. The zero-order chi connectivity index (χ0) is 15.1. The first-order valence-corrected chi connectivity index (χ1v) is 7.07. The van der Waals surface area contributed by atoms with E-state index in [9.17, 15) is 4.79 Å². The highest BCUT2D eigenvalue weighted by Crippen LogP contribution is 2.25. The third-order valence-corrected chi connectivity index (χ3v) is 3.77. The molecule has 4 rings (SSSR count). The summed E-state index contributed by atoms with van der Waals surface area (Å²) < 4.78 is 0. The molecule has 1 atom stereocenters. The lowest BCUT2D eigenvalue weighted by Gasteiger charge is -2.19. The molecule has 1 unspecified atom stereocenters. The number of fused-ring (bicyclic) bond motifs is 1. The SMILES string of the molecule is CC1CC(=O)NN=C1c1cccc2[nH]c(-c3ncc[nH]3)nc12. The molecule has 0 bridgehead atoms. The van der Waals surface area contributed by atoms with Gasteiger partial charge in [0.25, 0.3) is 0 Å². The van der Waals surface area contributed by atoms with Crippen molar-refractivity contribution >= 4 is 22.7 Å². The zero-order valence-electron chi connectivity index (χ0n) is 11.9. The minimum atomic E-state index is -0.0540. The second-order valence-corrected chi connectivity index (χ2v) is 5.36. The first kappa shape index (κ1) is 12.8. The van der Waals surface area contributed by atoms with Gasteiger partial charge in [0.2, 0.25) is 5.91 Å². The predicted octanol–water partition coefficient (Wildman–Crippen LogP) is 1.81. The number of benzene rings is 1. The Labute approximate surface area is 125 Å². The van der Waals surface area contributed by atoms with Gasteiger partial charge in [-0.25, -0.2) is 15.4 Å². The van der Waals surface area contributed by atoms with Crippen LogP contribution in [0.2, 0.25) is 0 Å². The number of hydrogen-bond donors (Lipinski definition) is 3. The molecule has 7 heteroatoms. The number of H-pyrrole nitrogens is 2. The van der Waals surface area contributed by atoms with Gasteiger partial charge in [0.1, 0.15) is 0 Å². The van der Waals surface area contributed by atoms with Crippen LogP contribution in [-0.2, 0) is 4.79 Å². The van der Waals surface area contributed by atoms with Gasteiger partial charge in [0.05, 0.1) is 16.7 Å². The van der Waals surface area contributed by atoms with E-state index in [0.717, 1.165) is 22.3 Å². The van der Waals surface area contributed by atoms with E-state index in [0.29, 0.717) is 18.1 Å². The highest BCUT2D eigenvalue weighted by molar-refractivity contribution is 6.12. The topological polar surface area (TPSA) is 98.8 Å². The Morgan fingerprint density at radius 3 is 2.95 bits per heavy atom. The quantitative estimate of drug-likeness (QED) is 0.672. The van der Waals surface area contributed by atoms with Crippen molar-refractivity contribution in [2.24, 2.45) is 11.0 Å². The van der Waals surface area contributed by atoms with Gasteiger partial charge >= 0.3 is 0 Å². The summed E-state index contributed by atoms with van der Waals surface area (Å²) in [7, 11) is 0. The number of hydrogen-bond acceptors (Lipinski definition) is 4. The Kier molecular flexibility index (Phi) is 2.78. The van der Waals surface area contributed by atoms with Gasteiger partial charge in [-0.05, 0) is 6.07 Å². The Morgan fingerprint density at radius 2 is 2.18 bits per heavy atom.